The normalized spacial score (nSPS) is 10.2. The molecule has 0 atom stereocenters. The summed E-state index contributed by atoms with van der Waals surface area (Å²) < 4.78 is 10.6. The van der Waals surface area contributed by atoms with Gasteiger partial charge in [0.2, 0.25) is 5.91 Å². The van der Waals surface area contributed by atoms with Gasteiger partial charge < -0.3 is 14.8 Å². The molecule has 122 valence electrons. The number of carbonyl (C=O) groups is 1. The van der Waals surface area contributed by atoms with Gasteiger partial charge in [-0.3, -0.25) is 4.79 Å². The highest BCUT2D eigenvalue weighted by Gasteiger charge is 2.08. The van der Waals surface area contributed by atoms with Crippen LogP contribution >= 0.6 is 0 Å². The SMILES string of the molecule is COc1ccc(OC)c(CCNC(=O)Cc2ccccc2C)c1. The van der Waals surface area contributed by atoms with E-state index in [0.29, 0.717) is 19.4 Å². The number of ether oxygens (including phenoxy) is 2. The van der Waals surface area contributed by atoms with Gasteiger partial charge in [0.15, 0.2) is 0 Å². The summed E-state index contributed by atoms with van der Waals surface area (Å²) in [5, 5.41) is 2.96. The highest BCUT2D eigenvalue weighted by atomic mass is 16.5. The average Bonchev–Trinajstić information content (AvgIpc) is 2.57. The average molecular weight is 313 g/mol. The number of hydrogen-bond acceptors (Lipinski definition) is 3. The van der Waals surface area contributed by atoms with Crippen LogP contribution in [0.1, 0.15) is 16.7 Å². The van der Waals surface area contributed by atoms with E-state index in [1.165, 1.54) is 0 Å². The van der Waals surface area contributed by atoms with Crippen LogP contribution in [0.15, 0.2) is 42.5 Å². The van der Waals surface area contributed by atoms with Crippen LogP contribution < -0.4 is 14.8 Å². The molecule has 1 amide bonds. The van der Waals surface area contributed by atoms with Crippen molar-refractivity contribution in [1.29, 1.82) is 0 Å². The minimum absolute atomic E-state index is 0.0289. The molecule has 0 fully saturated rings. The lowest BCUT2D eigenvalue weighted by atomic mass is 10.1. The van der Waals surface area contributed by atoms with Gasteiger partial charge in [-0.25, -0.2) is 0 Å². The fraction of sp³-hybridized carbons (Fsp3) is 0.316. The van der Waals surface area contributed by atoms with E-state index < -0.39 is 0 Å². The first-order chi connectivity index (χ1) is 11.1. The molecular formula is C19H23NO3. The first kappa shape index (κ1) is 16.9. The molecular weight excluding hydrogens is 290 g/mol. The molecule has 0 saturated carbocycles. The molecule has 0 aromatic heterocycles. The summed E-state index contributed by atoms with van der Waals surface area (Å²) in [7, 11) is 3.28. The van der Waals surface area contributed by atoms with Crippen LogP contribution in [0, 0.1) is 6.92 Å². The second-order valence-corrected chi connectivity index (χ2v) is 5.38. The van der Waals surface area contributed by atoms with Gasteiger partial charge in [-0.1, -0.05) is 24.3 Å². The zero-order valence-electron chi connectivity index (χ0n) is 13.9. The number of aryl methyl sites for hydroxylation is 1. The fourth-order valence-electron chi connectivity index (χ4n) is 2.46. The molecule has 23 heavy (non-hydrogen) atoms. The Kier molecular flexibility index (Phi) is 6.03. The van der Waals surface area contributed by atoms with Crippen molar-refractivity contribution in [3.63, 3.8) is 0 Å². The quantitative estimate of drug-likeness (QED) is 0.855. The largest absolute Gasteiger partial charge is 0.497 e. The monoisotopic (exact) mass is 313 g/mol. The van der Waals surface area contributed by atoms with Gasteiger partial charge in [0.05, 0.1) is 20.6 Å². The maximum Gasteiger partial charge on any atom is 0.224 e. The molecule has 0 radical (unpaired) electrons. The second kappa shape index (κ2) is 8.22. The van der Waals surface area contributed by atoms with Crippen molar-refractivity contribution in [2.45, 2.75) is 19.8 Å². The molecule has 0 heterocycles. The third kappa shape index (κ3) is 4.74. The molecule has 2 aromatic rings. The highest BCUT2D eigenvalue weighted by Crippen LogP contribution is 2.24. The smallest absolute Gasteiger partial charge is 0.224 e. The first-order valence-corrected chi connectivity index (χ1v) is 7.66. The topological polar surface area (TPSA) is 47.6 Å². The summed E-state index contributed by atoms with van der Waals surface area (Å²) in [5.41, 5.74) is 3.21. The van der Waals surface area contributed by atoms with E-state index >= 15 is 0 Å². The minimum atomic E-state index is 0.0289. The number of methoxy groups -OCH3 is 2. The molecule has 1 N–H and O–H groups in total. The van der Waals surface area contributed by atoms with Gasteiger partial charge in [0.1, 0.15) is 11.5 Å². The van der Waals surface area contributed by atoms with Crippen molar-refractivity contribution in [2.75, 3.05) is 20.8 Å². The van der Waals surface area contributed by atoms with Crippen LogP contribution in [0.4, 0.5) is 0 Å². The summed E-state index contributed by atoms with van der Waals surface area (Å²) in [6, 6.07) is 13.6. The highest BCUT2D eigenvalue weighted by molar-refractivity contribution is 5.78. The first-order valence-electron chi connectivity index (χ1n) is 7.66. The number of nitrogens with one attached hydrogen (secondary N) is 1. The van der Waals surface area contributed by atoms with Crippen molar-refractivity contribution >= 4 is 5.91 Å². The summed E-state index contributed by atoms with van der Waals surface area (Å²) in [4.78, 5) is 12.1. The Labute approximate surface area is 137 Å². The van der Waals surface area contributed by atoms with E-state index in [2.05, 4.69) is 5.32 Å². The Hall–Kier alpha value is -2.49. The standard InChI is InChI=1S/C19H23NO3/c1-14-6-4-5-7-15(14)13-19(21)20-11-10-16-12-17(22-2)8-9-18(16)23-3/h4-9,12H,10-11,13H2,1-3H3,(H,20,21). The summed E-state index contributed by atoms with van der Waals surface area (Å²) in [5.74, 6) is 1.62. The fourth-order valence-corrected chi connectivity index (χ4v) is 2.46. The van der Waals surface area contributed by atoms with Gasteiger partial charge in [-0.05, 0) is 48.2 Å². The van der Waals surface area contributed by atoms with Gasteiger partial charge in [-0.2, -0.15) is 0 Å². The lowest BCUT2D eigenvalue weighted by Crippen LogP contribution is -2.27. The summed E-state index contributed by atoms with van der Waals surface area (Å²) in [6.45, 7) is 2.58. The van der Waals surface area contributed by atoms with E-state index in [1.807, 2.05) is 49.4 Å². The summed E-state index contributed by atoms with van der Waals surface area (Å²) in [6.07, 6.45) is 1.10. The van der Waals surface area contributed by atoms with Gasteiger partial charge in [0, 0.05) is 6.54 Å². The van der Waals surface area contributed by atoms with Crippen molar-refractivity contribution in [3.05, 3.63) is 59.2 Å². The van der Waals surface area contributed by atoms with Crippen molar-refractivity contribution < 1.29 is 14.3 Å². The molecule has 0 saturated heterocycles. The Morgan fingerprint density at radius 3 is 2.52 bits per heavy atom. The second-order valence-electron chi connectivity index (χ2n) is 5.38. The molecule has 0 spiro atoms. The van der Waals surface area contributed by atoms with Crippen LogP contribution in [0.3, 0.4) is 0 Å². The van der Waals surface area contributed by atoms with Crippen LogP contribution in [0.25, 0.3) is 0 Å². The Morgan fingerprint density at radius 1 is 1.04 bits per heavy atom. The maximum absolute atomic E-state index is 12.1. The number of benzene rings is 2. The molecule has 0 aliphatic rings. The van der Waals surface area contributed by atoms with E-state index in [9.17, 15) is 4.79 Å². The van der Waals surface area contributed by atoms with Crippen LogP contribution in [-0.4, -0.2) is 26.7 Å². The van der Waals surface area contributed by atoms with Gasteiger partial charge >= 0.3 is 0 Å². The molecule has 0 aliphatic carbocycles. The van der Waals surface area contributed by atoms with Crippen molar-refractivity contribution in [2.24, 2.45) is 0 Å². The lowest BCUT2D eigenvalue weighted by molar-refractivity contribution is -0.120. The van der Waals surface area contributed by atoms with Crippen LogP contribution in [0.5, 0.6) is 11.5 Å². The molecule has 2 rings (SSSR count). The van der Waals surface area contributed by atoms with Crippen LogP contribution in [-0.2, 0) is 17.6 Å². The maximum atomic E-state index is 12.1. The van der Waals surface area contributed by atoms with Gasteiger partial charge in [-0.15, -0.1) is 0 Å². The van der Waals surface area contributed by atoms with E-state index in [-0.39, 0.29) is 5.91 Å². The van der Waals surface area contributed by atoms with Crippen molar-refractivity contribution in [1.82, 2.24) is 5.32 Å². The third-order valence-corrected chi connectivity index (χ3v) is 3.82. The predicted molar refractivity (Wildman–Crippen MR) is 91.1 cm³/mol. The molecule has 0 aliphatic heterocycles. The molecule has 0 unspecified atom stereocenters. The molecule has 4 heteroatoms. The Morgan fingerprint density at radius 2 is 1.83 bits per heavy atom. The third-order valence-electron chi connectivity index (χ3n) is 3.82. The number of carbonyl (C=O) groups excluding carboxylic acids is 1. The summed E-state index contributed by atoms with van der Waals surface area (Å²) >= 11 is 0. The number of rotatable bonds is 7. The lowest BCUT2D eigenvalue weighted by Gasteiger charge is -2.11. The predicted octanol–water partition coefficient (Wildman–Crippen LogP) is 2.91. The van der Waals surface area contributed by atoms with E-state index in [0.717, 1.165) is 28.2 Å². The molecule has 0 bridgehead atoms. The minimum Gasteiger partial charge on any atom is -0.497 e. The Balaban J connectivity index is 1.89. The van der Waals surface area contributed by atoms with E-state index in [4.69, 9.17) is 9.47 Å². The number of amides is 1. The van der Waals surface area contributed by atoms with E-state index in [1.54, 1.807) is 14.2 Å². The zero-order chi connectivity index (χ0) is 16.7. The Bertz CT molecular complexity index is 667. The van der Waals surface area contributed by atoms with Crippen LogP contribution in [0.2, 0.25) is 0 Å². The van der Waals surface area contributed by atoms with Crippen molar-refractivity contribution in [3.8, 4) is 11.5 Å². The van der Waals surface area contributed by atoms with Gasteiger partial charge in [0.25, 0.3) is 0 Å². The molecule has 4 nitrogen and oxygen atoms in total. The molecule has 2 aromatic carbocycles. The number of hydrogen-bond donors (Lipinski definition) is 1. The zero-order valence-corrected chi connectivity index (χ0v) is 13.9.